The second-order valence-corrected chi connectivity index (χ2v) is 4.03. The van der Waals surface area contributed by atoms with Crippen LogP contribution in [0.1, 0.15) is 5.56 Å². The van der Waals surface area contributed by atoms with E-state index in [1.54, 1.807) is 22.6 Å². The number of hydrogen-bond acceptors (Lipinski definition) is 3. The summed E-state index contributed by atoms with van der Waals surface area (Å²) in [4.78, 5) is 14.7. The Kier molecular flexibility index (Phi) is 2.38. The highest BCUT2D eigenvalue weighted by atomic mass is 16.1. The first-order valence-corrected chi connectivity index (χ1v) is 5.54. The molecule has 19 heavy (non-hydrogen) atoms. The van der Waals surface area contributed by atoms with Crippen molar-refractivity contribution in [1.82, 2.24) is 9.38 Å². The molecule has 94 valence electrons. The van der Waals surface area contributed by atoms with Crippen molar-refractivity contribution in [2.75, 3.05) is 0 Å². The lowest BCUT2D eigenvalue weighted by Crippen LogP contribution is -2.14. The predicted octanol–water partition coefficient (Wildman–Crippen LogP) is 1.43. The van der Waals surface area contributed by atoms with Crippen LogP contribution in [0.15, 0.2) is 51.6 Å². The van der Waals surface area contributed by atoms with E-state index in [4.69, 9.17) is 11.3 Å². The molecule has 0 atom stereocenters. The first kappa shape index (κ1) is 11.1. The Morgan fingerprint density at radius 2 is 2.16 bits per heavy atom. The second kappa shape index (κ2) is 4.05. The van der Waals surface area contributed by atoms with E-state index in [1.165, 1.54) is 0 Å². The molecule has 0 aliphatic rings. The van der Waals surface area contributed by atoms with Crippen LogP contribution in [0.25, 0.3) is 16.6 Å². The molecule has 4 N–H and O–H groups in total. The van der Waals surface area contributed by atoms with Crippen molar-refractivity contribution in [2.45, 2.75) is 0 Å². The summed E-state index contributed by atoms with van der Waals surface area (Å²) in [7, 11) is 0. The van der Waals surface area contributed by atoms with Gasteiger partial charge in [-0.25, -0.2) is 0 Å². The summed E-state index contributed by atoms with van der Waals surface area (Å²) in [6.07, 6.45) is 1.82. The number of benzene rings is 1. The van der Waals surface area contributed by atoms with E-state index < -0.39 is 0 Å². The van der Waals surface area contributed by atoms with Crippen molar-refractivity contribution < 1.29 is 0 Å². The van der Waals surface area contributed by atoms with E-state index in [0.717, 1.165) is 5.52 Å². The third kappa shape index (κ3) is 1.68. The summed E-state index contributed by atoms with van der Waals surface area (Å²) < 4.78 is 1.81. The molecule has 0 unspecified atom stereocenters. The van der Waals surface area contributed by atoms with Crippen molar-refractivity contribution in [2.24, 2.45) is 16.1 Å². The number of aromatic nitrogens is 2. The Balaban J connectivity index is 2.35. The molecule has 0 amide bonds. The number of amidine groups is 1. The molecule has 0 aliphatic carbocycles. The molecule has 0 radical (unpaired) electrons. The smallest absolute Gasteiger partial charge is 0.272 e. The lowest BCUT2D eigenvalue weighted by molar-refractivity contribution is 0.986. The van der Waals surface area contributed by atoms with Crippen LogP contribution in [0.5, 0.6) is 0 Å². The fourth-order valence-corrected chi connectivity index (χ4v) is 2.08. The Labute approximate surface area is 106 Å². The molecule has 3 aromatic rings. The summed E-state index contributed by atoms with van der Waals surface area (Å²) in [5, 5.41) is 6.35. The maximum atomic E-state index is 11.9. The van der Waals surface area contributed by atoms with E-state index >= 15 is 0 Å². The van der Waals surface area contributed by atoms with Crippen LogP contribution in [0.2, 0.25) is 0 Å². The largest absolute Gasteiger partial charge is 0.382 e. The SMILES string of the molecule is N=N/N=C(\N)c1ccc2c(c1)[nH]c(=O)c1cccn12. The Hall–Kier alpha value is -2.96. The molecule has 7 heteroatoms. The van der Waals surface area contributed by atoms with Crippen LogP contribution in [-0.4, -0.2) is 15.2 Å². The number of rotatable bonds is 2. The summed E-state index contributed by atoms with van der Waals surface area (Å²) >= 11 is 0. The van der Waals surface area contributed by atoms with Crippen molar-refractivity contribution >= 4 is 22.4 Å². The van der Waals surface area contributed by atoms with Crippen molar-refractivity contribution in [1.29, 1.82) is 5.53 Å². The number of nitrogens with two attached hydrogens (primary N) is 1. The van der Waals surface area contributed by atoms with Crippen molar-refractivity contribution in [3.63, 3.8) is 0 Å². The van der Waals surface area contributed by atoms with Gasteiger partial charge in [-0.3, -0.25) is 4.79 Å². The zero-order valence-corrected chi connectivity index (χ0v) is 9.79. The van der Waals surface area contributed by atoms with Gasteiger partial charge in [-0.2, -0.15) is 5.53 Å². The molecule has 0 saturated carbocycles. The number of nitrogens with zero attached hydrogens (tertiary/aromatic N) is 3. The van der Waals surface area contributed by atoms with Gasteiger partial charge in [0.1, 0.15) is 5.52 Å². The molecule has 0 saturated heterocycles. The van der Waals surface area contributed by atoms with Gasteiger partial charge in [-0.05, 0) is 30.3 Å². The number of H-pyrrole nitrogens is 1. The Bertz CT molecular complexity index is 873. The van der Waals surface area contributed by atoms with Gasteiger partial charge in [0.2, 0.25) is 0 Å². The van der Waals surface area contributed by atoms with Crippen molar-refractivity contribution in [3.8, 4) is 0 Å². The minimum atomic E-state index is -0.171. The second-order valence-electron chi connectivity index (χ2n) is 4.03. The number of hydrogen-bond donors (Lipinski definition) is 3. The lowest BCUT2D eigenvalue weighted by Gasteiger charge is -2.05. The van der Waals surface area contributed by atoms with E-state index in [2.05, 4.69) is 15.3 Å². The van der Waals surface area contributed by atoms with Crippen molar-refractivity contribution in [3.05, 3.63) is 52.4 Å². The van der Waals surface area contributed by atoms with Gasteiger partial charge in [-0.1, -0.05) is 5.22 Å². The number of aromatic amines is 1. The molecule has 2 heterocycles. The topological polar surface area (TPSA) is 112 Å². The summed E-state index contributed by atoms with van der Waals surface area (Å²) in [6, 6.07) is 8.87. The fourth-order valence-electron chi connectivity index (χ4n) is 2.08. The van der Waals surface area contributed by atoms with Gasteiger partial charge >= 0.3 is 0 Å². The average Bonchev–Trinajstić information content (AvgIpc) is 2.88. The molecule has 0 spiro atoms. The van der Waals surface area contributed by atoms with E-state index in [-0.39, 0.29) is 11.4 Å². The maximum absolute atomic E-state index is 11.9. The van der Waals surface area contributed by atoms with Crippen LogP contribution in [0.4, 0.5) is 0 Å². The summed E-state index contributed by atoms with van der Waals surface area (Å²) in [5.41, 5.74) is 14.9. The Morgan fingerprint density at radius 1 is 1.32 bits per heavy atom. The molecular weight excluding hydrogens is 244 g/mol. The summed E-state index contributed by atoms with van der Waals surface area (Å²) in [6.45, 7) is 0. The number of nitrogens with one attached hydrogen (secondary N) is 2. The minimum Gasteiger partial charge on any atom is -0.382 e. The van der Waals surface area contributed by atoms with Crippen LogP contribution in [-0.2, 0) is 0 Å². The number of fused-ring (bicyclic) bond motifs is 3. The highest BCUT2D eigenvalue weighted by molar-refractivity contribution is 6.00. The summed E-state index contributed by atoms with van der Waals surface area (Å²) in [5.74, 6) is 0.130. The zero-order valence-electron chi connectivity index (χ0n) is 9.79. The molecule has 1 aromatic carbocycles. The van der Waals surface area contributed by atoms with Crippen LogP contribution in [0.3, 0.4) is 0 Å². The molecule has 0 fully saturated rings. The standard InChI is InChI=1S/C12H10N6O/c13-11(16-17-14)7-3-4-9-8(6-7)15-12(19)10-2-1-5-18(9)10/h1-6H,(H,15,19)(H3,13,14,16). The van der Waals surface area contributed by atoms with Gasteiger partial charge in [0.25, 0.3) is 5.56 Å². The van der Waals surface area contributed by atoms with Gasteiger partial charge in [-0.15, -0.1) is 5.10 Å². The first-order valence-electron chi connectivity index (χ1n) is 5.54. The van der Waals surface area contributed by atoms with Crippen LogP contribution >= 0.6 is 0 Å². The van der Waals surface area contributed by atoms with E-state index in [0.29, 0.717) is 16.6 Å². The molecule has 0 aliphatic heterocycles. The monoisotopic (exact) mass is 254 g/mol. The minimum absolute atomic E-state index is 0.130. The predicted molar refractivity (Wildman–Crippen MR) is 71.4 cm³/mol. The van der Waals surface area contributed by atoms with Gasteiger partial charge < -0.3 is 15.1 Å². The molecule has 3 rings (SSSR count). The lowest BCUT2D eigenvalue weighted by atomic mass is 10.2. The van der Waals surface area contributed by atoms with Gasteiger partial charge in [0, 0.05) is 11.8 Å². The Morgan fingerprint density at radius 3 is 2.95 bits per heavy atom. The third-order valence-corrected chi connectivity index (χ3v) is 2.94. The van der Waals surface area contributed by atoms with Gasteiger partial charge in [0.15, 0.2) is 5.84 Å². The molecule has 2 aromatic heterocycles. The quantitative estimate of drug-likeness (QED) is 0.278. The van der Waals surface area contributed by atoms with E-state index in [9.17, 15) is 4.79 Å². The molecule has 0 bridgehead atoms. The first-order chi connectivity index (χ1) is 9.20. The highest BCUT2D eigenvalue weighted by Crippen LogP contribution is 2.14. The van der Waals surface area contributed by atoms with E-state index in [1.807, 2.05) is 18.3 Å². The molecular formula is C12H10N6O. The normalized spacial score (nSPS) is 12.1. The van der Waals surface area contributed by atoms with Crippen LogP contribution < -0.4 is 11.3 Å². The third-order valence-electron chi connectivity index (χ3n) is 2.94. The highest BCUT2D eigenvalue weighted by Gasteiger charge is 2.06. The van der Waals surface area contributed by atoms with Gasteiger partial charge in [0.05, 0.1) is 11.0 Å². The molecule has 7 nitrogen and oxygen atoms in total. The average molecular weight is 254 g/mol. The maximum Gasteiger partial charge on any atom is 0.272 e. The zero-order chi connectivity index (χ0) is 13.4. The van der Waals surface area contributed by atoms with Crippen LogP contribution in [0, 0.1) is 5.53 Å². The fraction of sp³-hybridized carbons (Fsp3) is 0.